The van der Waals surface area contributed by atoms with Crippen LogP contribution in [0.15, 0.2) is 91.0 Å². The predicted octanol–water partition coefficient (Wildman–Crippen LogP) is 3.23. The van der Waals surface area contributed by atoms with Crippen molar-refractivity contribution in [3.8, 4) is 0 Å². The average Bonchev–Trinajstić information content (AvgIpc) is 2.83. The van der Waals surface area contributed by atoms with Gasteiger partial charge in [0.2, 0.25) is 0 Å². The van der Waals surface area contributed by atoms with Crippen LogP contribution in [0.4, 0.5) is 0 Å². The molecule has 3 aromatic rings. The molecule has 0 saturated carbocycles. The molecule has 0 unspecified atom stereocenters. The van der Waals surface area contributed by atoms with Gasteiger partial charge in [-0.2, -0.15) is 0 Å². The molecule has 0 spiro atoms. The molecule has 3 rings (SSSR count). The molecule has 3 aromatic carbocycles. The molecule has 0 amide bonds. The second-order valence-electron chi connectivity index (χ2n) is 7.40. The summed E-state index contributed by atoms with van der Waals surface area (Å²) in [6.07, 6.45) is 3.10. The van der Waals surface area contributed by atoms with Crippen molar-refractivity contribution in [2.45, 2.75) is 32.6 Å². The summed E-state index contributed by atoms with van der Waals surface area (Å²) in [5, 5.41) is 0. The summed E-state index contributed by atoms with van der Waals surface area (Å²) in [5.41, 5.74) is 0. The van der Waals surface area contributed by atoms with Crippen LogP contribution in [-0.4, -0.2) is 36.3 Å². The number of carbonyl (C=O) groups is 2. The molecule has 0 saturated heterocycles. The van der Waals surface area contributed by atoms with Crippen molar-refractivity contribution in [1.29, 1.82) is 0 Å². The Morgan fingerprint density at radius 3 is 1.48 bits per heavy atom. The zero-order chi connectivity index (χ0) is 22.1. The first kappa shape index (κ1) is 22.9. The topological polar surface area (TPSA) is 43.4 Å². The zero-order valence-corrected chi connectivity index (χ0v) is 20.0. The molecule has 31 heavy (non-hydrogen) atoms. The van der Waals surface area contributed by atoms with E-state index in [1.807, 2.05) is 54.6 Å². The van der Waals surface area contributed by atoms with Gasteiger partial charge in [0, 0.05) is 0 Å². The molecular formula is C27H29AsO3. The molecule has 0 aliphatic heterocycles. The average molecular weight is 476 g/mol. The van der Waals surface area contributed by atoms with Crippen LogP contribution < -0.4 is 13.1 Å². The van der Waals surface area contributed by atoms with Gasteiger partial charge in [-0.3, -0.25) is 0 Å². The molecule has 0 bridgehead atoms. The van der Waals surface area contributed by atoms with E-state index in [1.54, 1.807) is 0 Å². The number of hydrogen-bond donors (Lipinski definition) is 0. The molecule has 3 nitrogen and oxygen atoms in total. The normalized spacial score (nSPS) is 11.0. The van der Waals surface area contributed by atoms with Crippen molar-refractivity contribution in [1.82, 2.24) is 0 Å². The van der Waals surface area contributed by atoms with Crippen molar-refractivity contribution >= 4 is 42.2 Å². The minimum absolute atomic E-state index is 0.0932. The maximum atomic E-state index is 13.7. The van der Waals surface area contributed by atoms with Gasteiger partial charge in [0.05, 0.1) is 0 Å². The van der Waals surface area contributed by atoms with E-state index in [9.17, 15) is 9.59 Å². The van der Waals surface area contributed by atoms with Crippen LogP contribution in [-0.2, 0) is 14.3 Å². The number of unbranched alkanes of at least 4 members (excludes halogenated alkanes) is 2. The van der Waals surface area contributed by atoms with Crippen molar-refractivity contribution in [2.24, 2.45) is 0 Å². The number of rotatable bonds is 9. The molecule has 0 radical (unpaired) electrons. The van der Waals surface area contributed by atoms with Gasteiger partial charge >= 0.3 is 187 Å². The Morgan fingerprint density at radius 1 is 0.710 bits per heavy atom. The summed E-state index contributed by atoms with van der Waals surface area (Å²) >= 11 is -3.67. The first-order valence-electron chi connectivity index (χ1n) is 10.7. The van der Waals surface area contributed by atoms with Gasteiger partial charge in [0.25, 0.3) is 0 Å². The number of benzene rings is 3. The third kappa shape index (κ3) is 4.78. The Balaban J connectivity index is 2.50. The number of ketones is 1. The molecule has 0 fully saturated rings. The van der Waals surface area contributed by atoms with E-state index in [0.717, 1.165) is 32.3 Å². The van der Waals surface area contributed by atoms with Crippen LogP contribution in [0.3, 0.4) is 0 Å². The molecular weight excluding hydrogens is 447 g/mol. The van der Waals surface area contributed by atoms with Gasteiger partial charge in [-0.25, -0.2) is 0 Å². The standard InChI is InChI=1S/C27H29AsO3/c1-3-4-8-21-25(29)26(27(30)31-2)28(22-15-9-5-10-16-22,23-17-11-6-12-18-23)24-19-13-7-14-20-24/h5-7,9-20H,3-4,8,21H2,1-2H3. The fourth-order valence-corrected chi connectivity index (χ4v) is 13.2. The van der Waals surface area contributed by atoms with E-state index >= 15 is 0 Å². The summed E-state index contributed by atoms with van der Waals surface area (Å²) < 4.78 is 8.68. The quantitative estimate of drug-likeness (QED) is 0.206. The number of carbonyl (C=O) groups excluding carboxylic acids is 2. The SMILES string of the molecule is CCCCCC(=O)C(C(=O)OC)=[As](c1ccccc1)(c1ccccc1)c1ccccc1. The summed E-state index contributed by atoms with van der Waals surface area (Å²) in [7, 11) is 1.37. The second kappa shape index (κ2) is 11.0. The van der Waals surface area contributed by atoms with Crippen molar-refractivity contribution in [2.75, 3.05) is 7.11 Å². The summed E-state index contributed by atoms with van der Waals surface area (Å²) in [6, 6.07) is 30.1. The Morgan fingerprint density at radius 2 is 1.13 bits per heavy atom. The minimum atomic E-state index is -3.67. The van der Waals surface area contributed by atoms with Crippen LogP contribution in [0.5, 0.6) is 0 Å². The van der Waals surface area contributed by atoms with Crippen molar-refractivity contribution in [3.05, 3.63) is 91.0 Å². The number of esters is 1. The number of ether oxygens (including phenoxy) is 1. The van der Waals surface area contributed by atoms with Crippen LogP contribution in [0.1, 0.15) is 32.6 Å². The second-order valence-corrected chi connectivity index (χ2v) is 14.4. The van der Waals surface area contributed by atoms with E-state index in [4.69, 9.17) is 4.74 Å². The van der Waals surface area contributed by atoms with Gasteiger partial charge in [-0.1, -0.05) is 0 Å². The Kier molecular flexibility index (Phi) is 8.14. The first-order chi connectivity index (χ1) is 15.2. The van der Waals surface area contributed by atoms with Crippen molar-refractivity contribution < 1.29 is 14.3 Å². The fraction of sp³-hybridized carbons (Fsp3) is 0.222. The number of methoxy groups -OCH3 is 1. The number of Topliss-reactive ketones (excluding diaryl/α,β-unsaturated/α-hetero) is 1. The monoisotopic (exact) mass is 476 g/mol. The molecule has 0 aliphatic carbocycles. The van der Waals surface area contributed by atoms with Gasteiger partial charge in [0.15, 0.2) is 0 Å². The fourth-order valence-electron chi connectivity index (χ4n) is 3.98. The van der Waals surface area contributed by atoms with Crippen LogP contribution in [0.2, 0.25) is 0 Å². The Bertz CT molecular complexity index is 954. The third-order valence-electron chi connectivity index (χ3n) is 5.42. The zero-order valence-electron chi connectivity index (χ0n) is 18.2. The van der Waals surface area contributed by atoms with Gasteiger partial charge < -0.3 is 0 Å². The summed E-state index contributed by atoms with van der Waals surface area (Å²) in [4.78, 5) is 27.0. The first-order valence-corrected chi connectivity index (χ1v) is 14.5. The van der Waals surface area contributed by atoms with Crippen LogP contribution >= 0.6 is 0 Å². The summed E-state index contributed by atoms with van der Waals surface area (Å²) in [5.74, 6) is -0.602. The number of hydrogen-bond acceptors (Lipinski definition) is 3. The van der Waals surface area contributed by atoms with Gasteiger partial charge in [-0.15, -0.1) is 0 Å². The Labute approximate surface area is 187 Å². The molecule has 0 aliphatic rings. The molecule has 160 valence electrons. The molecule has 0 heterocycles. The van der Waals surface area contributed by atoms with Crippen molar-refractivity contribution in [3.63, 3.8) is 0 Å². The Hall–Kier alpha value is -2.77. The molecule has 0 atom stereocenters. The van der Waals surface area contributed by atoms with E-state index in [1.165, 1.54) is 7.11 Å². The van der Waals surface area contributed by atoms with E-state index < -0.39 is 19.1 Å². The van der Waals surface area contributed by atoms with Crippen LogP contribution in [0.25, 0.3) is 0 Å². The molecule has 0 aromatic heterocycles. The third-order valence-corrected chi connectivity index (χ3v) is 14.5. The van der Waals surface area contributed by atoms with Gasteiger partial charge in [-0.05, 0) is 0 Å². The van der Waals surface area contributed by atoms with Gasteiger partial charge in [0.1, 0.15) is 0 Å². The maximum absolute atomic E-state index is 13.7. The van der Waals surface area contributed by atoms with E-state index in [0.29, 0.717) is 10.7 Å². The van der Waals surface area contributed by atoms with Crippen LogP contribution in [0, 0.1) is 0 Å². The predicted molar refractivity (Wildman–Crippen MR) is 130 cm³/mol. The molecule has 4 heteroatoms. The van der Waals surface area contributed by atoms with E-state index in [-0.39, 0.29) is 5.78 Å². The van der Waals surface area contributed by atoms with E-state index in [2.05, 4.69) is 43.3 Å². The molecule has 0 N–H and O–H groups in total. The summed E-state index contributed by atoms with van der Waals surface area (Å²) in [6.45, 7) is 2.11.